The third-order valence-corrected chi connectivity index (χ3v) is 3.38. The Hall–Kier alpha value is -1.58. The molecule has 0 heterocycles. The lowest BCUT2D eigenvalue weighted by Gasteiger charge is -2.18. The van der Waals surface area contributed by atoms with E-state index in [-0.39, 0.29) is 11.1 Å². The summed E-state index contributed by atoms with van der Waals surface area (Å²) in [5, 5.41) is 3.34. The molecule has 2 aromatic carbocycles. The first-order valence-corrected chi connectivity index (χ1v) is 6.88. The lowest BCUT2D eigenvalue weighted by Crippen LogP contribution is -2.17. The zero-order chi connectivity index (χ0) is 14.5. The zero-order valence-electron chi connectivity index (χ0n) is 11.5. The van der Waals surface area contributed by atoms with Crippen LogP contribution in [0.15, 0.2) is 42.5 Å². The van der Waals surface area contributed by atoms with Crippen LogP contribution in [0.2, 0.25) is 5.02 Å². The van der Waals surface area contributed by atoms with Crippen molar-refractivity contribution in [3.63, 3.8) is 0 Å². The second-order valence-electron chi connectivity index (χ2n) is 4.40. The number of nitrogens with one attached hydrogen (secondary N) is 1. The van der Waals surface area contributed by atoms with E-state index < -0.39 is 5.82 Å². The average Bonchev–Trinajstić information content (AvgIpc) is 2.46. The molecule has 2 rings (SSSR count). The van der Waals surface area contributed by atoms with Gasteiger partial charge >= 0.3 is 0 Å². The fraction of sp³-hybridized carbons (Fsp3) is 0.250. The second-order valence-corrected chi connectivity index (χ2v) is 4.80. The maximum absolute atomic E-state index is 13.2. The fourth-order valence-corrected chi connectivity index (χ4v) is 2.33. The number of benzene rings is 2. The molecule has 0 amide bonds. The first-order valence-electron chi connectivity index (χ1n) is 6.50. The minimum atomic E-state index is -0.406. The van der Waals surface area contributed by atoms with Gasteiger partial charge in [0.05, 0.1) is 17.7 Å². The predicted octanol–water partition coefficient (Wildman–Crippen LogP) is 4.19. The van der Waals surface area contributed by atoms with Gasteiger partial charge in [-0.15, -0.1) is 0 Å². The highest BCUT2D eigenvalue weighted by atomic mass is 35.5. The summed E-state index contributed by atoms with van der Waals surface area (Å²) in [5.41, 5.74) is 1.99. The number of hydrogen-bond donors (Lipinski definition) is 1. The highest BCUT2D eigenvalue weighted by molar-refractivity contribution is 6.30. The van der Waals surface area contributed by atoms with Gasteiger partial charge in [-0.2, -0.15) is 0 Å². The summed E-state index contributed by atoms with van der Waals surface area (Å²) < 4.78 is 18.7. The van der Waals surface area contributed by atoms with Crippen molar-refractivity contribution in [1.82, 2.24) is 5.32 Å². The normalized spacial score (nSPS) is 12.2. The molecule has 0 fully saturated rings. The van der Waals surface area contributed by atoms with Gasteiger partial charge in [0.1, 0.15) is 11.6 Å². The molecule has 0 aliphatic carbocycles. The van der Waals surface area contributed by atoms with Gasteiger partial charge in [-0.1, -0.05) is 29.8 Å². The van der Waals surface area contributed by atoms with E-state index in [0.29, 0.717) is 6.61 Å². The molecule has 4 heteroatoms. The van der Waals surface area contributed by atoms with E-state index in [4.69, 9.17) is 16.3 Å². The molecule has 0 saturated carbocycles. The van der Waals surface area contributed by atoms with E-state index >= 15 is 0 Å². The molecule has 1 atom stereocenters. The Bertz CT molecular complexity index is 571. The van der Waals surface area contributed by atoms with Crippen LogP contribution in [0.4, 0.5) is 4.39 Å². The van der Waals surface area contributed by atoms with Gasteiger partial charge in [0, 0.05) is 0 Å². The summed E-state index contributed by atoms with van der Waals surface area (Å²) in [5.74, 6) is 0.431. The summed E-state index contributed by atoms with van der Waals surface area (Å²) in [6.45, 7) is 2.59. The Morgan fingerprint density at radius 3 is 2.35 bits per heavy atom. The highest BCUT2D eigenvalue weighted by Crippen LogP contribution is 2.27. The number of rotatable bonds is 5. The number of ether oxygens (including phenoxy) is 1. The van der Waals surface area contributed by atoms with Crippen molar-refractivity contribution >= 4 is 11.6 Å². The second kappa shape index (κ2) is 6.73. The summed E-state index contributed by atoms with van der Waals surface area (Å²) in [6.07, 6.45) is 0. The minimum Gasteiger partial charge on any atom is -0.494 e. The van der Waals surface area contributed by atoms with Gasteiger partial charge < -0.3 is 10.1 Å². The molecule has 106 valence electrons. The van der Waals surface area contributed by atoms with E-state index in [1.54, 1.807) is 12.1 Å². The predicted molar refractivity (Wildman–Crippen MR) is 79.9 cm³/mol. The number of halogens is 2. The summed E-state index contributed by atoms with van der Waals surface area (Å²) in [7, 11) is 1.86. The van der Waals surface area contributed by atoms with Crippen molar-refractivity contribution in [2.75, 3.05) is 13.7 Å². The number of hydrogen-bond acceptors (Lipinski definition) is 2. The van der Waals surface area contributed by atoms with Crippen LogP contribution in [0.25, 0.3) is 0 Å². The van der Waals surface area contributed by atoms with E-state index in [0.717, 1.165) is 16.9 Å². The monoisotopic (exact) mass is 293 g/mol. The van der Waals surface area contributed by atoms with Crippen LogP contribution in [0, 0.1) is 5.82 Å². The van der Waals surface area contributed by atoms with Crippen molar-refractivity contribution < 1.29 is 9.13 Å². The third-order valence-electron chi connectivity index (χ3n) is 3.09. The molecule has 1 N–H and O–H groups in total. The molecule has 2 aromatic rings. The van der Waals surface area contributed by atoms with Gasteiger partial charge in [0.2, 0.25) is 0 Å². The molecule has 20 heavy (non-hydrogen) atoms. The lowest BCUT2D eigenvalue weighted by molar-refractivity contribution is 0.340. The van der Waals surface area contributed by atoms with E-state index in [1.165, 1.54) is 6.07 Å². The van der Waals surface area contributed by atoms with Crippen LogP contribution in [0.1, 0.15) is 24.1 Å². The van der Waals surface area contributed by atoms with Crippen molar-refractivity contribution in [2.24, 2.45) is 0 Å². The Morgan fingerprint density at radius 1 is 1.15 bits per heavy atom. The Kier molecular flexibility index (Phi) is 4.99. The van der Waals surface area contributed by atoms with Gasteiger partial charge in [-0.25, -0.2) is 4.39 Å². The van der Waals surface area contributed by atoms with E-state index in [9.17, 15) is 4.39 Å². The summed E-state index contributed by atoms with van der Waals surface area (Å²) in [4.78, 5) is 0. The molecule has 0 aliphatic heterocycles. The van der Waals surface area contributed by atoms with Crippen LogP contribution in [-0.4, -0.2) is 13.7 Å². The van der Waals surface area contributed by atoms with Gasteiger partial charge in [0.25, 0.3) is 0 Å². The Balaban J connectivity index is 2.29. The standard InChI is InChI=1S/C16H17ClFNO/c1-3-20-13-7-4-11(5-8-13)16(19-2)12-6-9-15(18)14(17)10-12/h4-10,16,19H,3H2,1-2H3. The van der Waals surface area contributed by atoms with Crippen molar-refractivity contribution in [2.45, 2.75) is 13.0 Å². The fourth-order valence-electron chi connectivity index (χ4n) is 2.14. The van der Waals surface area contributed by atoms with Gasteiger partial charge in [-0.3, -0.25) is 0 Å². The van der Waals surface area contributed by atoms with Crippen LogP contribution >= 0.6 is 11.6 Å². The quantitative estimate of drug-likeness (QED) is 0.892. The third kappa shape index (κ3) is 3.30. The van der Waals surface area contributed by atoms with E-state index in [2.05, 4.69) is 5.32 Å². The molecule has 0 radical (unpaired) electrons. The molecule has 0 saturated heterocycles. The van der Waals surface area contributed by atoms with Crippen LogP contribution < -0.4 is 10.1 Å². The van der Waals surface area contributed by atoms with Gasteiger partial charge in [-0.05, 0) is 49.4 Å². The smallest absolute Gasteiger partial charge is 0.141 e. The lowest BCUT2D eigenvalue weighted by atomic mass is 9.99. The van der Waals surface area contributed by atoms with Crippen molar-refractivity contribution in [1.29, 1.82) is 0 Å². The zero-order valence-corrected chi connectivity index (χ0v) is 12.2. The summed E-state index contributed by atoms with van der Waals surface area (Å²) in [6, 6.07) is 12.6. The molecule has 1 unspecified atom stereocenters. The molecule has 0 spiro atoms. The Morgan fingerprint density at radius 2 is 1.80 bits per heavy atom. The molecule has 0 aliphatic rings. The van der Waals surface area contributed by atoms with Crippen LogP contribution in [0.3, 0.4) is 0 Å². The van der Waals surface area contributed by atoms with E-state index in [1.807, 2.05) is 38.2 Å². The topological polar surface area (TPSA) is 21.3 Å². The summed E-state index contributed by atoms with van der Waals surface area (Å²) >= 11 is 5.85. The first kappa shape index (κ1) is 14.8. The maximum Gasteiger partial charge on any atom is 0.141 e. The van der Waals surface area contributed by atoms with Crippen LogP contribution in [-0.2, 0) is 0 Å². The van der Waals surface area contributed by atoms with Crippen LogP contribution in [0.5, 0.6) is 5.75 Å². The van der Waals surface area contributed by atoms with Gasteiger partial charge in [0.15, 0.2) is 0 Å². The molecular weight excluding hydrogens is 277 g/mol. The minimum absolute atomic E-state index is 0.0382. The maximum atomic E-state index is 13.2. The molecule has 0 bridgehead atoms. The molecule has 2 nitrogen and oxygen atoms in total. The Labute approximate surface area is 123 Å². The SMILES string of the molecule is CCOc1ccc(C(NC)c2ccc(F)c(Cl)c2)cc1. The van der Waals surface area contributed by atoms with Crippen molar-refractivity contribution in [3.8, 4) is 5.75 Å². The first-order chi connectivity index (χ1) is 9.65. The average molecular weight is 294 g/mol. The molecular formula is C16H17ClFNO. The highest BCUT2D eigenvalue weighted by Gasteiger charge is 2.13. The largest absolute Gasteiger partial charge is 0.494 e. The van der Waals surface area contributed by atoms with Crippen molar-refractivity contribution in [3.05, 3.63) is 64.4 Å². The molecule has 0 aromatic heterocycles.